The zero-order chi connectivity index (χ0) is 18.1. The van der Waals surface area contributed by atoms with Crippen molar-refractivity contribution in [2.24, 2.45) is 0 Å². The monoisotopic (exact) mass is 398 g/mol. The number of thiophene rings is 1. The van der Waals surface area contributed by atoms with E-state index in [0.29, 0.717) is 5.30 Å². The summed E-state index contributed by atoms with van der Waals surface area (Å²) in [6, 6.07) is 26.8. The molecule has 26 heavy (non-hydrogen) atoms. The van der Waals surface area contributed by atoms with Crippen LogP contribution < -0.4 is 15.2 Å². The third-order valence-electron chi connectivity index (χ3n) is 4.03. The van der Waals surface area contributed by atoms with Crippen LogP contribution in [0.25, 0.3) is 10.1 Å². The van der Waals surface area contributed by atoms with Gasteiger partial charge in [-0.05, 0) is 36.8 Å². The van der Waals surface area contributed by atoms with Gasteiger partial charge in [0.15, 0.2) is 0 Å². The Bertz CT molecular complexity index is 1130. The third kappa shape index (κ3) is 3.31. The van der Waals surface area contributed by atoms with E-state index < -0.39 is 18.0 Å². The van der Waals surface area contributed by atoms with E-state index in [2.05, 4.69) is 18.2 Å². The molecule has 0 fully saturated rings. The Kier molecular flexibility index (Phi) is 4.63. The van der Waals surface area contributed by atoms with Gasteiger partial charge in [0.2, 0.25) is 0 Å². The lowest BCUT2D eigenvalue weighted by Gasteiger charge is -2.19. The Morgan fingerprint density at radius 2 is 1.46 bits per heavy atom. The van der Waals surface area contributed by atoms with E-state index in [1.807, 2.05) is 48.5 Å². The first-order valence-electron chi connectivity index (χ1n) is 7.94. The zero-order valence-electron chi connectivity index (χ0n) is 13.6. The molecule has 0 aliphatic heterocycles. The van der Waals surface area contributed by atoms with Gasteiger partial charge in [-0.3, -0.25) is 4.55 Å². The molecule has 3 nitrogen and oxygen atoms in total. The van der Waals surface area contributed by atoms with Crippen LogP contribution in [0.3, 0.4) is 0 Å². The lowest BCUT2D eigenvalue weighted by molar-refractivity contribution is 0.484. The van der Waals surface area contributed by atoms with E-state index in [-0.39, 0.29) is 4.90 Å². The fourth-order valence-electron chi connectivity index (χ4n) is 2.90. The van der Waals surface area contributed by atoms with Crippen molar-refractivity contribution in [3.05, 3.63) is 84.9 Å². The minimum absolute atomic E-state index is 0.0209. The Labute approximate surface area is 157 Å². The second kappa shape index (κ2) is 6.93. The average Bonchev–Trinajstić information content (AvgIpc) is 3.06. The summed E-state index contributed by atoms with van der Waals surface area (Å²) in [4.78, 5) is -0.0209. The van der Waals surface area contributed by atoms with Crippen LogP contribution >= 0.6 is 19.3 Å². The molecule has 0 spiro atoms. The first-order chi connectivity index (χ1) is 12.5. The Morgan fingerprint density at radius 1 is 0.808 bits per heavy atom. The molecule has 1 atom stereocenters. The maximum absolute atomic E-state index is 12.0. The van der Waals surface area contributed by atoms with Crippen molar-refractivity contribution in [2.75, 3.05) is 0 Å². The summed E-state index contributed by atoms with van der Waals surface area (Å²) in [5, 5.41) is 2.83. The van der Waals surface area contributed by atoms with Crippen LogP contribution in [0.4, 0.5) is 0 Å². The van der Waals surface area contributed by atoms with E-state index in [0.717, 1.165) is 20.0 Å². The molecule has 4 aromatic rings. The van der Waals surface area contributed by atoms with Gasteiger partial charge >= 0.3 is 0 Å². The van der Waals surface area contributed by atoms with Crippen molar-refractivity contribution < 1.29 is 13.0 Å². The van der Waals surface area contributed by atoms with Crippen molar-refractivity contribution >= 4 is 54.7 Å². The second-order valence-electron chi connectivity index (χ2n) is 5.74. The Morgan fingerprint density at radius 3 is 2.19 bits per heavy atom. The maximum Gasteiger partial charge on any atom is 0.295 e. The van der Waals surface area contributed by atoms with Gasteiger partial charge in [-0.2, -0.15) is 8.42 Å². The fourth-order valence-corrected chi connectivity index (χ4v) is 8.22. The molecule has 1 heterocycles. The van der Waals surface area contributed by atoms with E-state index >= 15 is 0 Å². The third-order valence-corrected chi connectivity index (χ3v) is 9.09. The quantitative estimate of drug-likeness (QED) is 0.419. The van der Waals surface area contributed by atoms with E-state index in [1.165, 1.54) is 6.07 Å². The van der Waals surface area contributed by atoms with Gasteiger partial charge in [0.1, 0.15) is 4.90 Å². The van der Waals surface area contributed by atoms with Gasteiger partial charge in [0.25, 0.3) is 10.1 Å². The molecule has 0 bridgehead atoms. The summed E-state index contributed by atoms with van der Waals surface area (Å²) in [6.07, 6.45) is 0. The zero-order valence-corrected chi connectivity index (χ0v) is 16.1. The molecule has 1 aromatic heterocycles. The molecule has 0 radical (unpaired) electrons. The largest absolute Gasteiger partial charge is 0.295 e. The van der Waals surface area contributed by atoms with Crippen molar-refractivity contribution in [3.8, 4) is 0 Å². The minimum atomic E-state index is -4.30. The van der Waals surface area contributed by atoms with Gasteiger partial charge in [-0.25, -0.2) is 0 Å². The molecular formula is C20H15O3PS2. The molecule has 1 unspecified atom stereocenters. The van der Waals surface area contributed by atoms with Gasteiger partial charge in [-0.1, -0.05) is 66.7 Å². The molecule has 0 amide bonds. The predicted octanol–water partition coefficient (Wildman–Crippen LogP) is 3.91. The van der Waals surface area contributed by atoms with E-state index in [9.17, 15) is 13.0 Å². The van der Waals surface area contributed by atoms with Crippen molar-refractivity contribution in [2.45, 2.75) is 4.90 Å². The fraction of sp³-hybridized carbons (Fsp3) is 0. The Balaban J connectivity index is 1.99. The van der Waals surface area contributed by atoms with Gasteiger partial charge in [0, 0.05) is 14.6 Å². The summed E-state index contributed by atoms with van der Waals surface area (Å²) < 4.78 is 35.9. The molecular weight excluding hydrogens is 383 g/mol. The highest BCUT2D eigenvalue weighted by Gasteiger charge is 2.25. The van der Waals surface area contributed by atoms with Crippen LogP contribution in [0.15, 0.2) is 89.8 Å². The molecule has 0 saturated heterocycles. The molecule has 6 heteroatoms. The van der Waals surface area contributed by atoms with Crippen LogP contribution in [0.1, 0.15) is 0 Å². The summed E-state index contributed by atoms with van der Waals surface area (Å²) in [5.74, 6) is 0. The lowest BCUT2D eigenvalue weighted by atomic mass is 10.3. The van der Waals surface area contributed by atoms with Crippen molar-refractivity contribution in [1.29, 1.82) is 0 Å². The van der Waals surface area contributed by atoms with Crippen LogP contribution in [0.2, 0.25) is 0 Å². The SMILES string of the molecule is O=S(=O)(O)c1ccccc1P(c1ccccc1)c1cc2ccccc2s1. The number of rotatable bonds is 4. The molecule has 0 saturated carbocycles. The van der Waals surface area contributed by atoms with Crippen LogP contribution in [-0.4, -0.2) is 13.0 Å². The van der Waals surface area contributed by atoms with Gasteiger partial charge < -0.3 is 0 Å². The van der Waals surface area contributed by atoms with Crippen LogP contribution in [-0.2, 0) is 10.1 Å². The van der Waals surface area contributed by atoms with Gasteiger partial charge in [0.05, 0.1) is 0 Å². The summed E-state index contributed by atoms with van der Waals surface area (Å²) >= 11 is 1.67. The topological polar surface area (TPSA) is 54.4 Å². The number of benzene rings is 3. The lowest BCUT2D eigenvalue weighted by Crippen LogP contribution is -2.23. The molecule has 4 rings (SSSR count). The van der Waals surface area contributed by atoms with Crippen molar-refractivity contribution in [3.63, 3.8) is 0 Å². The van der Waals surface area contributed by atoms with E-state index in [4.69, 9.17) is 0 Å². The van der Waals surface area contributed by atoms with Crippen molar-refractivity contribution in [1.82, 2.24) is 0 Å². The highest BCUT2D eigenvalue weighted by atomic mass is 32.2. The molecule has 1 N–H and O–H groups in total. The number of hydrogen-bond donors (Lipinski definition) is 1. The Hall–Kier alpha value is -2.04. The summed E-state index contributed by atoms with van der Waals surface area (Å²) in [5.41, 5.74) is 0. The highest BCUT2D eigenvalue weighted by Crippen LogP contribution is 2.39. The summed E-state index contributed by atoms with van der Waals surface area (Å²) in [6.45, 7) is 0. The minimum Gasteiger partial charge on any atom is -0.282 e. The first kappa shape index (κ1) is 17.4. The first-order valence-corrected chi connectivity index (χ1v) is 11.5. The molecule has 3 aromatic carbocycles. The van der Waals surface area contributed by atoms with Crippen LogP contribution in [0.5, 0.6) is 0 Å². The smallest absolute Gasteiger partial charge is 0.282 e. The molecule has 0 aliphatic rings. The highest BCUT2D eigenvalue weighted by molar-refractivity contribution is 7.89. The molecule has 130 valence electrons. The standard InChI is InChI=1S/C20H15O3PS2/c21-26(22,23)19-13-7-5-11-17(19)24(16-9-2-1-3-10-16)20-14-15-8-4-6-12-18(15)25-20/h1-14H,(H,21,22,23). The second-order valence-corrected chi connectivity index (χ2v) is 10.7. The van der Waals surface area contributed by atoms with Crippen LogP contribution in [0, 0.1) is 0 Å². The predicted molar refractivity (Wildman–Crippen MR) is 110 cm³/mol. The number of hydrogen-bond acceptors (Lipinski definition) is 3. The molecule has 0 aliphatic carbocycles. The van der Waals surface area contributed by atoms with E-state index in [1.54, 1.807) is 23.5 Å². The van der Waals surface area contributed by atoms with Gasteiger partial charge in [-0.15, -0.1) is 11.3 Å². The maximum atomic E-state index is 12.0. The summed E-state index contributed by atoms with van der Waals surface area (Å²) in [7, 11) is -5.40. The normalized spacial score (nSPS) is 13.0. The average molecular weight is 398 g/mol. The number of fused-ring (bicyclic) bond motifs is 1.